The zero-order chi connectivity index (χ0) is 18.1. The van der Waals surface area contributed by atoms with Crippen molar-refractivity contribution >= 4 is 16.9 Å². The molecule has 0 spiro atoms. The number of aryl methyl sites for hydroxylation is 2. The van der Waals surface area contributed by atoms with Crippen molar-refractivity contribution in [3.63, 3.8) is 0 Å². The first-order valence-electron chi connectivity index (χ1n) is 8.93. The molecule has 1 atom stereocenters. The Morgan fingerprint density at radius 2 is 2.15 bits per heavy atom. The molecule has 1 aromatic carbocycles. The summed E-state index contributed by atoms with van der Waals surface area (Å²) < 4.78 is 7.33. The molecule has 1 saturated heterocycles. The van der Waals surface area contributed by atoms with E-state index in [0.717, 1.165) is 41.8 Å². The normalized spacial score (nSPS) is 16.9. The fraction of sp³-hybridized carbons (Fsp3) is 0.350. The van der Waals surface area contributed by atoms with Crippen molar-refractivity contribution in [1.29, 1.82) is 0 Å². The van der Waals surface area contributed by atoms with Gasteiger partial charge in [-0.3, -0.25) is 9.48 Å². The summed E-state index contributed by atoms with van der Waals surface area (Å²) in [6, 6.07) is 11.7. The number of carbonyl (C=O) groups is 1. The number of amides is 1. The summed E-state index contributed by atoms with van der Waals surface area (Å²) >= 11 is 0. The summed E-state index contributed by atoms with van der Waals surface area (Å²) in [6.07, 6.45) is 2.16. The molecule has 3 aromatic rings. The molecule has 4 rings (SSSR count). The topological polar surface area (TPSA) is 69.0 Å². The molecule has 26 heavy (non-hydrogen) atoms. The van der Waals surface area contributed by atoms with Crippen LogP contribution in [0.2, 0.25) is 0 Å². The fourth-order valence-electron chi connectivity index (χ4n) is 3.49. The summed E-state index contributed by atoms with van der Waals surface area (Å²) in [6.45, 7) is 3.21. The van der Waals surface area contributed by atoms with Gasteiger partial charge >= 0.3 is 0 Å². The maximum Gasteiger partial charge on any atom is 0.252 e. The Morgan fingerprint density at radius 1 is 1.35 bits per heavy atom. The lowest BCUT2D eigenvalue weighted by atomic mass is 10.0. The molecule has 0 bridgehead atoms. The molecular weight excluding hydrogens is 328 g/mol. The van der Waals surface area contributed by atoms with E-state index in [2.05, 4.69) is 10.4 Å². The van der Waals surface area contributed by atoms with E-state index >= 15 is 0 Å². The minimum atomic E-state index is -0.110. The Labute approximate surface area is 152 Å². The molecule has 0 saturated carbocycles. The van der Waals surface area contributed by atoms with Crippen molar-refractivity contribution in [2.24, 2.45) is 7.05 Å². The average molecular weight is 350 g/mol. The van der Waals surface area contributed by atoms with E-state index in [1.165, 1.54) is 0 Å². The molecule has 1 N–H and O–H groups in total. The molecule has 3 heterocycles. The number of nitrogens with zero attached hydrogens (tertiary/aromatic N) is 3. The van der Waals surface area contributed by atoms with Gasteiger partial charge in [0, 0.05) is 25.8 Å². The van der Waals surface area contributed by atoms with Gasteiger partial charge < -0.3 is 10.1 Å². The molecule has 1 unspecified atom stereocenters. The van der Waals surface area contributed by atoms with E-state index < -0.39 is 0 Å². The predicted molar refractivity (Wildman–Crippen MR) is 100.0 cm³/mol. The molecule has 2 aromatic heterocycles. The molecule has 6 nitrogen and oxygen atoms in total. The number of fused-ring (bicyclic) bond motifs is 1. The molecule has 1 amide bonds. The number of aromatic nitrogens is 3. The third-order valence-corrected chi connectivity index (χ3v) is 4.80. The lowest BCUT2D eigenvalue weighted by Gasteiger charge is -2.12. The van der Waals surface area contributed by atoms with Gasteiger partial charge in [0.15, 0.2) is 5.65 Å². The summed E-state index contributed by atoms with van der Waals surface area (Å²) in [7, 11) is 1.85. The van der Waals surface area contributed by atoms with Crippen LogP contribution in [0, 0.1) is 6.92 Å². The van der Waals surface area contributed by atoms with Crippen molar-refractivity contribution in [3.8, 4) is 11.3 Å². The Balaban J connectivity index is 1.74. The Bertz CT molecular complexity index is 943. The van der Waals surface area contributed by atoms with E-state index in [-0.39, 0.29) is 12.0 Å². The van der Waals surface area contributed by atoms with Crippen molar-refractivity contribution in [2.45, 2.75) is 25.9 Å². The van der Waals surface area contributed by atoms with Crippen molar-refractivity contribution in [2.75, 3.05) is 13.2 Å². The highest BCUT2D eigenvalue weighted by atomic mass is 16.5. The van der Waals surface area contributed by atoms with Gasteiger partial charge in [-0.05, 0) is 25.8 Å². The second kappa shape index (κ2) is 6.88. The van der Waals surface area contributed by atoms with Crippen molar-refractivity contribution < 1.29 is 9.53 Å². The van der Waals surface area contributed by atoms with Gasteiger partial charge in [0.25, 0.3) is 5.91 Å². The number of carbonyl (C=O) groups excluding carboxylic acids is 1. The lowest BCUT2D eigenvalue weighted by Crippen LogP contribution is -2.32. The largest absolute Gasteiger partial charge is 0.376 e. The van der Waals surface area contributed by atoms with Crippen molar-refractivity contribution in [3.05, 3.63) is 47.7 Å². The quantitative estimate of drug-likeness (QED) is 0.785. The van der Waals surface area contributed by atoms with Gasteiger partial charge in [-0.25, -0.2) is 4.98 Å². The maximum atomic E-state index is 12.9. The van der Waals surface area contributed by atoms with E-state index in [1.54, 1.807) is 4.68 Å². The number of rotatable bonds is 4. The molecule has 134 valence electrons. The Kier molecular flexibility index (Phi) is 4.42. The SMILES string of the molecule is Cc1nn(C)c2nc(-c3ccccc3)cc(C(=O)NCC3CCCO3)c12. The molecule has 1 aliphatic rings. The number of hydrogen-bond donors (Lipinski definition) is 1. The number of benzene rings is 1. The molecule has 0 aliphatic carbocycles. The molecule has 0 radical (unpaired) electrons. The van der Waals surface area contributed by atoms with E-state index in [1.807, 2.05) is 50.4 Å². The fourth-order valence-corrected chi connectivity index (χ4v) is 3.49. The van der Waals surface area contributed by atoms with Crippen LogP contribution in [0.1, 0.15) is 28.9 Å². The van der Waals surface area contributed by atoms with Crippen LogP contribution in [0.4, 0.5) is 0 Å². The van der Waals surface area contributed by atoms with Crippen LogP contribution in [-0.2, 0) is 11.8 Å². The van der Waals surface area contributed by atoms with Crippen LogP contribution in [0.3, 0.4) is 0 Å². The molecule has 6 heteroatoms. The van der Waals surface area contributed by atoms with Crippen LogP contribution in [-0.4, -0.2) is 39.9 Å². The zero-order valence-electron chi connectivity index (χ0n) is 15.0. The number of hydrogen-bond acceptors (Lipinski definition) is 4. The molecule has 1 aliphatic heterocycles. The molecular formula is C20H22N4O2. The number of nitrogens with one attached hydrogen (secondary N) is 1. The Hall–Kier alpha value is -2.73. The van der Waals surface area contributed by atoms with E-state index in [0.29, 0.717) is 17.8 Å². The van der Waals surface area contributed by atoms with Gasteiger partial charge in [0.05, 0.1) is 28.4 Å². The van der Waals surface area contributed by atoms with Crippen LogP contribution in [0.5, 0.6) is 0 Å². The predicted octanol–water partition coefficient (Wildman–Crippen LogP) is 2.85. The zero-order valence-corrected chi connectivity index (χ0v) is 15.0. The van der Waals surface area contributed by atoms with Crippen LogP contribution >= 0.6 is 0 Å². The summed E-state index contributed by atoms with van der Waals surface area (Å²) in [4.78, 5) is 17.7. The Morgan fingerprint density at radius 3 is 2.88 bits per heavy atom. The highest BCUT2D eigenvalue weighted by molar-refractivity contribution is 6.07. The second-order valence-electron chi connectivity index (χ2n) is 6.67. The number of pyridine rings is 1. The minimum absolute atomic E-state index is 0.110. The average Bonchev–Trinajstić information content (AvgIpc) is 3.28. The smallest absolute Gasteiger partial charge is 0.252 e. The lowest BCUT2D eigenvalue weighted by molar-refractivity contribution is 0.0859. The van der Waals surface area contributed by atoms with Crippen molar-refractivity contribution in [1.82, 2.24) is 20.1 Å². The van der Waals surface area contributed by atoms with Gasteiger partial charge in [-0.2, -0.15) is 5.10 Å². The van der Waals surface area contributed by atoms with E-state index in [9.17, 15) is 4.79 Å². The summed E-state index contributed by atoms with van der Waals surface area (Å²) in [5.41, 5.74) is 3.87. The third kappa shape index (κ3) is 3.08. The summed E-state index contributed by atoms with van der Waals surface area (Å²) in [5, 5.41) is 8.28. The first-order chi connectivity index (χ1) is 12.6. The highest BCUT2D eigenvalue weighted by Crippen LogP contribution is 2.26. The second-order valence-corrected chi connectivity index (χ2v) is 6.67. The summed E-state index contributed by atoms with van der Waals surface area (Å²) in [5.74, 6) is -0.110. The van der Waals surface area contributed by atoms with Gasteiger partial charge in [-0.15, -0.1) is 0 Å². The number of ether oxygens (including phenoxy) is 1. The van der Waals surface area contributed by atoms with Crippen LogP contribution in [0.25, 0.3) is 22.3 Å². The minimum Gasteiger partial charge on any atom is -0.376 e. The standard InChI is InChI=1S/C20H22N4O2/c1-13-18-16(20(25)21-12-15-9-6-10-26-15)11-17(14-7-4-3-5-8-14)22-19(18)24(2)23-13/h3-5,7-8,11,15H,6,9-10,12H2,1-2H3,(H,21,25). The van der Waals surface area contributed by atoms with Gasteiger partial charge in [-0.1, -0.05) is 30.3 Å². The molecule has 1 fully saturated rings. The maximum absolute atomic E-state index is 12.9. The first-order valence-corrected chi connectivity index (χ1v) is 8.93. The van der Waals surface area contributed by atoms with Crippen LogP contribution < -0.4 is 5.32 Å². The highest BCUT2D eigenvalue weighted by Gasteiger charge is 2.21. The first kappa shape index (κ1) is 16.7. The monoisotopic (exact) mass is 350 g/mol. The van der Waals surface area contributed by atoms with Gasteiger partial charge in [0.1, 0.15) is 0 Å². The van der Waals surface area contributed by atoms with Crippen LogP contribution in [0.15, 0.2) is 36.4 Å². The van der Waals surface area contributed by atoms with E-state index in [4.69, 9.17) is 9.72 Å². The third-order valence-electron chi connectivity index (χ3n) is 4.80. The van der Waals surface area contributed by atoms with Gasteiger partial charge in [0.2, 0.25) is 0 Å².